The van der Waals surface area contributed by atoms with Crippen LogP contribution in [0.2, 0.25) is 0 Å². The second kappa shape index (κ2) is 10.0. The molecule has 1 saturated heterocycles. The molecule has 0 aliphatic carbocycles. The average molecular weight is 487 g/mol. The Kier molecular flexibility index (Phi) is 6.67. The van der Waals surface area contributed by atoms with Crippen molar-refractivity contribution in [1.29, 1.82) is 0 Å². The Bertz CT molecular complexity index is 1400. The molecule has 0 atom stereocenters. The third kappa shape index (κ3) is 4.93. The van der Waals surface area contributed by atoms with Crippen LogP contribution in [0.25, 0.3) is 16.9 Å². The summed E-state index contributed by atoms with van der Waals surface area (Å²) in [7, 11) is 0. The van der Waals surface area contributed by atoms with Gasteiger partial charge < -0.3 is 15.7 Å². The number of piperidine rings is 1. The number of carbonyl (C=O) groups excluding carboxylic acids is 1. The highest BCUT2D eigenvalue weighted by atomic mass is 16.3. The van der Waals surface area contributed by atoms with Gasteiger partial charge in [-0.2, -0.15) is 0 Å². The van der Waals surface area contributed by atoms with Crippen LogP contribution in [0.1, 0.15) is 30.4 Å². The number of hydrogen-bond acceptors (Lipinski definition) is 6. The highest BCUT2D eigenvalue weighted by molar-refractivity contribution is 5.76. The number of hydrogen-bond donors (Lipinski definition) is 2. The number of aromatic nitrogens is 4. The number of benzene rings is 2. The first-order chi connectivity index (χ1) is 17.5. The number of amides is 1. The fraction of sp³-hybridized carbons (Fsp3) is 0.333. The highest BCUT2D eigenvalue weighted by Gasteiger charge is 2.34. The van der Waals surface area contributed by atoms with Crippen molar-refractivity contribution >= 4 is 17.1 Å². The molecule has 1 amide bonds. The minimum atomic E-state index is -1.09. The molecule has 3 heterocycles. The Labute approximate surface area is 208 Å². The maximum atomic E-state index is 13.1. The van der Waals surface area contributed by atoms with Gasteiger partial charge in [0, 0.05) is 31.7 Å². The number of fused-ring (bicyclic) bond motifs is 1. The van der Waals surface area contributed by atoms with Gasteiger partial charge in [-0.05, 0) is 42.5 Å². The van der Waals surface area contributed by atoms with Crippen LogP contribution >= 0.6 is 0 Å². The molecule has 0 unspecified atom stereocenters. The van der Waals surface area contributed by atoms with Crippen LogP contribution in [-0.4, -0.2) is 53.7 Å². The third-order valence-corrected chi connectivity index (χ3v) is 6.96. The molecule has 0 saturated carbocycles. The quantitative estimate of drug-likeness (QED) is 0.413. The Morgan fingerprint density at radius 2 is 1.69 bits per heavy atom. The Hall–Kier alpha value is -3.82. The zero-order valence-electron chi connectivity index (χ0n) is 20.1. The Morgan fingerprint density at radius 1 is 0.972 bits per heavy atom. The fourth-order valence-corrected chi connectivity index (χ4v) is 4.72. The van der Waals surface area contributed by atoms with Crippen LogP contribution < -0.4 is 11.3 Å². The van der Waals surface area contributed by atoms with E-state index < -0.39 is 5.60 Å². The van der Waals surface area contributed by atoms with Crippen molar-refractivity contribution in [2.45, 2.75) is 44.4 Å². The fourth-order valence-electron chi connectivity index (χ4n) is 4.72. The Balaban J connectivity index is 1.24. The van der Waals surface area contributed by atoms with Gasteiger partial charge in [0.15, 0.2) is 11.2 Å². The summed E-state index contributed by atoms with van der Waals surface area (Å²) in [5.41, 5.74) is 7.98. The Morgan fingerprint density at radius 3 is 2.39 bits per heavy atom. The van der Waals surface area contributed by atoms with E-state index in [1.54, 1.807) is 15.8 Å². The average Bonchev–Trinajstić information content (AvgIpc) is 3.35. The van der Waals surface area contributed by atoms with E-state index >= 15 is 0 Å². The molecule has 5 rings (SSSR count). The molecule has 186 valence electrons. The van der Waals surface area contributed by atoms with Crippen LogP contribution in [0.3, 0.4) is 0 Å². The summed E-state index contributed by atoms with van der Waals surface area (Å²) >= 11 is 0. The van der Waals surface area contributed by atoms with Crippen molar-refractivity contribution < 1.29 is 9.90 Å². The molecule has 1 fully saturated rings. The maximum absolute atomic E-state index is 13.1. The van der Waals surface area contributed by atoms with E-state index in [4.69, 9.17) is 5.73 Å². The van der Waals surface area contributed by atoms with Gasteiger partial charge in [0.2, 0.25) is 5.91 Å². The highest BCUT2D eigenvalue weighted by Crippen LogP contribution is 2.25. The van der Waals surface area contributed by atoms with Crippen molar-refractivity contribution in [2.75, 3.05) is 13.1 Å². The van der Waals surface area contributed by atoms with E-state index in [1.165, 1.54) is 10.9 Å². The van der Waals surface area contributed by atoms with Gasteiger partial charge in [0.05, 0.1) is 12.1 Å². The van der Waals surface area contributed by atoms with Gasteiger partial charge in [-0.25, -0.2) is 9.97 Å². The molecule has 2 aromatic heterocycles. The lowest BCUT2D eigenvalue weighted by atomic mass is 9.91. The van der Waals surface area contributed by atoms with Crippen molar-refractivity contribution in [1.82, 2.24) is 24.0 Å². The molecule has 1 aliphatic heterocycles. The summed E-state index contributed by atoms with van der Waals surface area (Å²) in [5, 5.41) is 11.2. The number of rotatable bonds is 7. The smallest absolute Gasteiger partial charge is 0.281 e. The molecule has 36 heavy (non-hydrogen) atoms. The number of aryl methyl sites for hydroxylation is 1. The SMILES string of the molecule is NCc1ccc(-n2cnc3c(=O)n(CC4(O)CCN(C(=O)CCc5ccccc5)CC4)cnc32)cc1. The molecular weight excluding hydrogens is 456 g/mol. The maximum Gasteiger partial charge on any atom is 0.281 e. The monoisotopic (exact) mass is 486 g/mol. The van der Waals surface area contributed by atoms with E-state index in [1.807, 2.05) is 54.6 Å². The lowest BCUT2D eigenvalue weighted by Crippen LogP contribution is -2.49. The molecule has 2 aromatic carbocycles. The summed E-state index contributed by atoms with van der Waals surface area (Å²) in [6.45, 7) is 1.49. The molecule has 1 aliphatic rings. The minimum Gasteiger partial charge on any atom is -0.388 e. The van der Waals surface area contributed by atoms with Gasteiger partial charge in [0.1, 0.15) is 12.7 Å². The van der Waals surface area contributed by atoms with E-state index in [-0.39, 0.29) is 23.5 Å². The summed E-state index contributed by atoms with van der Waals surface area (Å²) in [6.07, 6.45) is 4.99. The second-order valence-corrected chi connectivity index (χ2v) is 9.43. The molecule has 0 radical (unpaired) electrons. The van der Waals surface area contributed by atoms with E-state index in [2.05, 4.69) is 9.97 Å². The summed E-state index contributed by atoms with van der Waals surface area (Å²) in [6, 6.07) is 17.6. The zero-order valence-corrected chi connectivity index (χ0v) is 20.1. The van der Waals surface area contributed by atoms with Gasteiger partial charge in [-0.3, -0.25) is 18.7 Å². The lowest BCUT2D eigenvalue weighted by Gasteiger charge is -2.38. The van der Waals surface area contributed by atoms with Gasteiger partial charge >= 0.3 is 0 Å². The van der Waals surface area contributed by atoms with Crippen LogP contribution in [0, 0.1) is 0 Å². The minimum absolute atomic E-state index is 0.0891. The van der Waals surface area contributed by atoms with E-state index in [0.717, 1.165) is 16.8 Å². The predicted octanol–water partition coefficient (Wildman–Crippen LogP) is 2.03. The van der Waals surface area contributed by atoms with Gasteiger partial charge in [-0.1, -0.05) is 42.5 Å². The number of likely N-dealkylation sites (tertiary alicyclic amines) is 1. The normalized spacial score (nSPS) is 15.3. The number of nitrogens with two attached hydrogens (primary N) is 1. The number of carbonyl (C=O) groups is 1. The van der Waals surface area contributed by atoms with Crippen LogP contribution in [0.4, 0.5) is 0 Å². The molecule has 4 aromatic rings. The molecule has 3 N–H and O–H groups in total. The van der Waals surface area contributed by atoms with Crippen molar-refractivity contribution in [2.24, 2.45) is 5.73 Å². The number of imidazole rings is 1. The topological polar surface area (TPSA) is 119 Å². The molecule has 9 heteroatoms. The lowest BCUT2D eigenvalue weighted by molar-refractivity contribution is -0.135. The predicted molar refractivity (Wildman–Crippen MR) is 137 cm³/mol. The second-order valence-electron chi connectivity index (χ2n) is 9.43. The largest absolute Gasteiger partial charge is 0.388 e. The molecular formula is C27H30N6O3. The number of aliphatic hydroxyl groups is 1. The third-order valence-electron chi connectivity index (χ3n) is 6.96. The van der Waals surface area contributed by atoms with Crippen LogP contribution in [0.15, 0.2) is 72.0 Å². The molecule has 0 bridgehead atoms. The summed E-state index contributed by atoms with van der Waals surface area (Å²) < 4.78 is 3.18. The zero-order chi connectivity index (χ0) is 25.1. The van der Waals surface area contributed by atoms with Crippen LogP contribution in [-0.2, 0) is 24.3 Å². The van der Waals surface area contributed by atoms with Crippen molar-refractivity contribution in [3.8, 4) is 5.69 Å². The first-order valence-corrected chi connectivity index (χ1v) is 12.2. The van der Waals surface area contributed by atoms with E-state index in [0.29, 0.717) is 51.0 Å². The summed E-state index contributed by atoms with van der Waals surface area (Å²) in [4.78, 5) is 36.4. The first kappa shape index (κ1) is 23.9. The van der Waals surface area contributed by atoms with Crippen molar-refractivity contribution in [3.63, 3.8) is 0 Å². The first-order valence-electron chi connectivity index (χ1n) is 12.2. The van der Waals surface area contributed by atoms with Gasteiger partial charge in [0.25, 0.3) is 5.56 Å². The summed E-state index contributed by atoms with van der Waals surface area (Å²) in [5.74, 6) is 0.0891. The standard InChI is InChI=1S/C27H30N6O3/c28-16-21-6-9-22(10-7-21)33-19-29-24-25(33)30-18-32(26(24)35)17-27(36)12-14-31(15-13-27)23(34)11-8-20-4-2-1-3-5-20/h1-7,9-10,18-19,36H,8,11-17,28H2. The molecule has 0 spiro atoms. The van der Waals surface area contributed by atoms with Crippen molar-refractivity contribution in [3.05, 3.63) is 88.7 Å². The number of nitrogens with zero attached hydrogens (tertiary/aromatic N) is 5. The van der Waals surface area contributed by atoms with Gasteiger partial charge in [-0.15, -0.1) is 0 Å². The molecule has 9 nitrogen and oxygen atoms in total. The van der Waals surface area contributed by atoms with E-state index in [9.17, 15) is 14.7 Å². The van der Waals surface area contributed by atoms with Crippen LogP contribution in [0.5, 0.6) is 0 Å².